The average molecular weight is 252 g/mol. The van der Waals surface area contributed by atoms with Crippen LogP contribution in [0.4, 0.5) is 0 Å². The van der Waals surface area contributed by atoms with Crippen molar-refractivity contribution >= 4 is 5.91 Å². The van der Waals surface area contributed by atoms with Crippen molar-refractivity contribution in [1.82, 2.24) is 9.80 Å². The van der Waals surface area contributed by atoms with Gasteiger partial charge in [-0.2, -0.15) is 0 Å². The third-order valence-corrected chi connectivity index (χ3v) is 3.61. The Morgan fingerprint density at radius 1 is 1.56 bits per heavy atom. The van der Waals surface area contributed by atoms with Gasteiger partial charge in [0.25, 0.3) is 0 Å². The van der Waals surface area contributed by atoms with E-state index in [4.69, 9.17) is 4.42 Å². The average Bonchev–Trinajstić information content (AvgIpc) is 2.83. The van der Waals surface area contributed by atoms with Gasteiger partial charge in [0.15, 0.2) is 0 Å². The van der Waals surface area contributed by atoms with Crippen molar-refractivity contribution in [2.75, 3.05) is 20.2 Å². The van der Waals surface area contributed by atoms with Crippen LogP contribution in [-0.2, 0) is 11.3 Å². The molecule has 0 aromatic carbocycles. The van der Waals surface area contributed by atoms with Gasteiger partial charge in [-0.25, -0.2) is 0 Å². The number of hydrogen-bond acceptors (Lipinski definition) is 4. The summed E-state index contributed by atoms with van der Waals surface area (Å²) < 4.78 is 5.30. The summed E-state index contributed by atoms with van der Waals surface area (Å²) in [6, 6.07) is 3.40. The summed E-state index contributed by atoms with van der Waals surface area (Å²) in [7, 11) is 1.88. The number of aliphatic hydroxyl groups is 1. The second-order valence-electron chi connectivity index (χ2n) is 4.86. The molecular weight excluding hydrogens is 232 g/mol. The number of aliphatic hydroxyl groups excluding tert-OH is 1. The molecule has 1 aliphatic rings. The highest BCUT2D eigenvalue weighted by molar-refractivity contribution is 5.82. The smallest absolute Gasteiger partial charge is 0.242 e. The minimum Gasteiger partial charge on any atom is -0.467 e. The maximum atomic E-state index is 12.4. The first-order chi connectivity index (χ1) is 8.63. The number of hydrogen-bond donors (Lipinski definition) is 1. The summed E-state index contributed by atoms with van der Waals surface area (Å²) >= 11 is 0. The highest BCUT2D eigenvalue weighted by Gasteiger charge is 2.33. The zero-order valence-corrected chi connectivity index (χ0v) is 10.9. The van der Waals surface area contributed by atoms with Crippen molar-refractivity contribution < 1.29 is 14.3 Å². The maximum absolute atomic E-state index is 12.4. The molecule has 18 heavy (non-hydrogen) atoms. The molecule has 100 valence electrons. The van der Waals surface area contributed by atoms with E-state index in [0.717, 1.165) is 18.7 Å². The maximum Gasteiger partial charge on any atom is 0.242 e. The van der Waals surface area contributed by atoms with Gasteiger partial charge in [-0.15, -0.1) is 0 Å². The summed E-state index contributed by atoms with van der Waals surface area (Å²) in [5.41, 5.74) is 0. The second kappa shape index (κ2) is 5.54. The van der Waals surface area contributed by atoms with Crippen molar-refractivity contribution in [1.29, 1.82) is 0 Å². The third-order valence-electron chi connectivity index (χ3n) is 3.61. The molecule has 1 saturated heterocycles. The van der Waals surface area contributed by atoms with E-state index < -0.39 is 6.04 Å². The predicted molar refractivity (Wildman–Crippen MR) is 66.8 cm³/mol. The number of carbonyl (C=O) groups is 1. The van der Waals surface area contributed by atoms with Crippen LogP contribution >= 0.6 is 0 Å². The number of amides is 1. The molecule has 2 atom stereocenters. The standard InChI is InChI=1S/C13H20N2O3/c1-10-5-6-14(2)12(9-16)13(17)15(10)8-11-4-3-7-18-11/h3-4,7,10,12,16H,5-6,8-9H2,1-2H3. The SMILES string of the molecule is CC1CCN(C)C(CO)C(=O)N1Cc1ccco1. The van der Waals surface area contributed by atoms with Crippen LogP contribution in [0.25, 0.3) is 0 Å². The first-order valence-corrected chi connectivity index (χ1v) is 6.27. The Balaban J connectivity index is 2.17. The van der Waals surface area contributed by atoms with Gasteiger partial charge in [0, 0.05) is 12.6 Å². The molecule has 0 radical (unpaired) electrons. The van der Waals surface area contributed by atoms with E-state index in [1.54, 1.807) is 11.2 Å². The molecule has 5 nitrogen and oxygen atoms in total. The molecular formula is C13H20N2O3. The van der Waals surface area contributed by atoms with E-state index in [1.807, 2.05) is 31.0 Å². The Morgan fingerprint density at radius 3 is 2.94 bits per heavy atom. The number of rotatable bonds is 3. The molecule has 0 spiro atoms. The van der Waals surface area contributed by atoms with E-state index in [0.29, 0.717) is 6.54 Å². The van der Waals surface area contributed by atoms with Crippen molar-refractivity contribution in [2.24, 2.45) is 0 Å². The molecule has 5 heteroatoms. The van der Waals surface area contributed by atoms with Crippen LogP contribution in [0, 0.1) is 0 Å². The molecule has 0 aliphatic carbocycles. The van der Waals surface area contributed by atoms with Crippen LogP contribution in [-0.4, -0.2) is 53.1 Å². The van der Waals surface area contributed by atoms with Gasteiger partial charge in [-0.1, -0.05) is 0 Å². The Morgan fingerprint density at radius 2 is 2.33 bits per heavy atom. The molecule has 1 aromatic heterocycles. The van der Waals surface area contributed by atoms with Crippen molar-refractivity contribution in [3.63, 3.8) is 0 Å². The quantitative estimate of drug-likeness (QED) is 0.860. The Hall–Kier alpha value is -1.33. The molecule has 0 saturated carbocycles. The lowest BCUT2D eigenvalue weighted by molar-refractivity contribution is -0.138. The fraction of sp³-hybridized carbons (Fsp3) is 0.615. The molecule has 1 aliphatic heterocycles. The molecule has 1 fully saturated rings. The highest BCUT2D eigenvalue weighted by atomic mass is 16.3. The lowest BCUT2D eigenvalue weighted by Crippen LogP contribution is -2.47. The zero-order valence-electron chi connectivity index (χ0n) is 10.9. The van der Waals surface area contributed by atoms with Crippen molar-refractivity contribution in [3.05, 3.63) is 24.2 Å². The van der Waals surface area contributed by atoms with E-state index in [1.165, 1.54) is 0 Å². The lowest BCUT2D eigenvalue weighted by atomic mass is 10.2. The molecule has 2 heterocycles. The van der Waals surface area contributed by atoms with Gasteiger partial charge in [0.05, 0.1) is 19.4 Å². The van der Waals surface area contributed by atoms with E-state index >= 15 is 0 Å². The largest absolute Gasteiger partial charge is 0.467 e. The summed E-state index contributed by atoms with van der Waals surface area (Å²) in [4.78, 5) is 16.1. The summed E-state index contributed by atoms with van der Waals surface area (Å²) in [6.45, 7) is 3.18. The number of likely N-dealkylation sites (N-methyl/N-ethyl adjacent to an activating group) is 1. The zero-order chi connectivity index (χ0) is 13.1. The molecule has 0 bridgehead atoms. The monoisotopic (exact) mass is 252 g/mol. The first kappa shape index (κ1) is 13.1. The Labute approximate surface area is 107 Å². The fourth-order valence-electron chi connectivity index (χ4n) is 2.32. The predicted octanol–water partition coefficient (Wildman–Crippen LogP) is 0.693. The number of carbonyl (C=O) groups excluding carboxylic acids is 1. The summed E-state index contributed by atoms with van der Waals surface area (Å²) in [6.07, 6.45) is 2.51. The Bertz CT molecular complexity index is 391. The minimum absolute atomic E-state index is 0.0265. The van der Waals surface area contributed by atoms with Gasteiger partial charge in [0.2, 0.25) is 5.91 Å². The second-order valence-corrected chi connectivity index (χ2v) is 4.86. The number of furan rings is 1. The molecule has 1 aromatic rings. The van der Waals surface area contributed by atoms with Crippen LogP contribution < -0.4 is 0 Å². The topological polar surface area (TPSA) is 56.9 Å². The van der Waals surface area contributed by atoms with Gasteiger partial charge in [0.1, 0.15) is 11.8 Å². The molecule has 1 N–H and O–H groups in total. The summed E-state index contributed by atoms with van der Waals surface area (Å²) in [5, 5.41) is 9.37. The van der Waals surface area contributed by atoms with Gasteiger partial charge in [-0.3, -0.25) is 9.69 Å². The van der Waals surface area contributed by atoms with Gasteiger partial charge in [-0.05, 0) is 32.5 Å². The van der Waals surface area contributed by atoms with E-state index in [9.17, 15) is 9.90 Å². The highest BCUT2D eigenvalue weighted by Crippen LogP contribution is 2.18. The van der Waals surface area contributed by atoms with Crippen molar-refractivity contribution in [2.45, 2.75) is 32.0 Å². The van der Waals surface area contributed by atoms with Crippen molar-refractivity contribution in [3.8, 4) is 0 Å². The summed E-state index contributed by atoms with van der Waals surface area (Å²) in [5.74, 6) is 0.748. The molecule has 1 amide bonds. The van der Waals surface area contributed by atoms with Crippen LogP contribution in [0.15, 0.2) is 22.8 Å². The first-order valence-electron chi connectivity index (χ1n) is 6.27. The number of nitrogens with zero attached hydrogens (tertiary/aromatic N) is 2. The lowest BCUT2D eigenvalue weighted by Gasteiger charge is -2.29. The fourth-order valence-corrected chi connectivity index (χ4v) is 2.32. The van der Waals surface area contributed by atoms with Gasteiger partial charge >= 0.3 is 0 Å². The van der Waals surface area contributed by atoms with Gasteiger partial charge < -0.3 is 14.4 Å². The van der Waals surface area contributed by atoms with Crippen LogP contribution in [0.2, 0.25) is 0 Å². The molecule has 2 rings (SSSR count). The Kier molecular flexibility index (Phi) is 4.04. The van der Waals surface area contributed by atoms with Crippen LogP contribution in [0.5, 0.6) is 0 Å². The van der Waals surface area contributed by atoms with E-state index in [2.05, 4.69) is 0 Å². The minimum atomic E-state index is -0.440. The van der Waals surface area contributed by atoms with Crippen LogP contribution in [0.3, 0.4) is 0 Å². The normalized spacial score (nSPS) is 26.4. The third kappa shape index (κ3) is 2.57. The van der Waals surface area contributed by atoms with Crippen LogP contribution in [0.1, 0.15) is 19.1 Å². The van der Waals surface area contributed by atoms with E-state index in [-0.39, 0.29) is 18.6 Å². The molecule has 2 unspecified atom stereocenters.